The minimum absolute atomic E-state index is 0.0179. The van der Waals surface area contributed by atoms with Crippen LogP contribution in [0.4, 0.5) is 0 Å². The number of carbonyl (C=O) groups is 4. The molecule has 1 heterocycles. The molecule has 0 aromatic carbocycles. The van der Waals surface area contributed by atoms with Crippen molar-refractivity contribution >= 4 is 35.1 Å². The van der Waals surface area contributed by atoms with E-state index < -0.39 is 17.5 Å². The van der Waals surface area contributed by atoms with Crippen molar-refractivity contribution in [1.29, 1.82) is 0 Å². The summed E-state index contributed by atoms with van der Waals surface area (Å²) in [6.45, 7) is 0.160. The number of hydrogen-bond donors (Lipinski definition) is 3. The lowest BCUT2D eigenvalue weighted by atomic mass is 9.99. The van der Waals surface area contributed by atoms with Crippen molar-refractivity contribution in [2.24, 2.45) is 0 Å². The molecule has 10 heteroatoms. The van der Waals surface area contributed by atoms with Crippen LogP contribution in [0.5, 0.6) is 0 Å². The number of amides is 2. The van der Waals surface area contributed by atoms with Crippen LogP contribution in [-0.2, 0) is 9.53 Å². The number of H-pyrrole nitrogens is 1. The Hall–Kier alpha value is -2.46. The second-order valence-electron chi connectivity index (χ2n) is 4.68. The van der Waals surface area contributed by atoms with Crippen LogP contribution in [-0.4, -0.2) is 66.6 Å². The molecule has 1 aliphatic rings. The first-order valence-electron chi connectivity index (χ1n) is 7.01. The summed E-state index contributed by atoms with van der Waals surface area (Å²) in [6, 6.07) is 0. The number of Topliss-reactive ketones (excluding diaryl/α,β-unsaturated/α-hetero) is 1. The number of thioether (sulfide) groups is 1. The molecule has 2 rings (SSSR count). The largest absolute Gasteiger partial charge is 0.371 e. The molecular weight excluding hydrogens is 336 g/mol. The Morgan fingerprint density at radius 1 is 1.29 bits per heavy atom. The molecule has 9 nitrogen and oxygen atoms in total. The molecule has 0 unspecified atom stereocenters. The standard InChI is InChI=1S/C14H16N4O5S/c1-15-9(20)6-23-3-4-24-8-5-7(19)11-10(13(8)21)12(18-17-11)14(22)16-2/h5H,3-4,6H2,1-2H3,(H,15,20)(H,16,22)(H,17,18). The van der Waals surface area contributed by atoms with Crippen molar-refractivity contribution in [3.8, 4) is 0 Å². The van der Waals surface area contributed by atoms with Gasteiger partial charge >= 0.3 is 0 Å². The maximum absolute atomic E-state index is 12.5. The van der Waals surface area contributed by atoms with E-state index in [1.807, 2.05) is 0 Å². The highest BCUT2D eigenvalue weighted by Gasteiger charge is 2.33. The molecule has 0 atom stereocenters. The van der Waals surface area contributed by atoms with Gasteiger partial charge in [0.15, 0.2) is 0 Å². The summed E-state index contributed by atoms with van der Waals surface area (Å²) in [4.78, 5) is 47.5. The quantitative estimate of drug-likeness (QED) is 0.565. The molecule has 0 saturated heterocycles. The maximum Gasteiger partial charge on any atom is 0.269 e. The summed E-state index contributed by atoms with van der Waals surface area (Å²) in [5, 5.41) is 11.0. The Labute approximate surface area is 141 Å². The number of ketones is 2. The van der Waals surface area contributed by atoms with Crippen LogP contribution in [0.1, 0.15) is 31.3 Å². The lowest BCUT2D eigenvalue weighted by Gasteiger charge is -2.11. The fourth-order valence-electron chi connectivity index (χ4n) is 1.96. The van der Waals surface area contributed by atoms with Crippen molar-refractivity contribution in [2.45, 2.75) is 0 Å². The summed E-state index contributed by atoms with van der Waals surface area (Å²) in [5.74, 6) is -1.27. The predicted octanol–water partition coefficient (Wildman–Crippen LogP) is -0.472. The first-order chi connectivity index (χ1) is 11.5. The van der Waals surface area contributed by atoms with Gasteiger partial charge in [0.25, 0.3) is 5.91 Å². The van der Waals surface area contributed by atoms with Crippen molar-refractivity contribution in [3.05, 3.63) is 27.9 Å². The van der Waals surface area contributed by atoms with Crippen LogP contribution in [0.2, 0.25) is 0 Å². The molecule has 128 valence electrons. The summed E-state index contributed by atoms with van der Waals surface area (Å²) < 4.78 is 5.13. The van der Waals surface area contributed by atoms with E-state index in [1.54, 1.807) is 0 Å². The fourth-order valence-corrected chi connectivity index (χ4v) is 2.81. The van der Waals surface area contributed by atoms with Crippen LogP contribution < -0.4 is 10.6 Å². The summed E-state index contributed by atoms with van der Waals surface area (Å²) in [6.07, 6.45) is 1.20. The lowest BCUT2D eigenvalue weighted by molar-refractivity contribution is -0.124. The van der Waals surface area contributed by atoms with Gasteiger partial charge in [0.1, 0.15) is 18.0 Å². The first-order valence-corrected chi connectivity index (χ1v) is 8.00. The van der Waals surface area contributed by atoms with Crippen molar-refractivity contribution in [3.63, 3.8) is 0 Å². The number of nitrogens with one attached hydrogen (secondary N) is 3. The molecular formula is C14H16N4O5S. The van der Waals surface area contributed by atoms with Gasteiger partial charge in [-0.2, -0.15) is 5.10 Å². The minimum atomic E-state index is -0.523. The second kappa shape index (κ2) is 7.88. The van der Waals surface area contributed by atoms with E-state index in [-0.39, 0.29) is 41.0 Å². The zero-order chi connectivity index (χ0) is 17.7. The molecule has 0 radical (unpaired) electrons. The van der Waals surface area contributed by atoms with Gasteiger partial charge in [-0.15, -0.1) is 11.8 Å². The first kappa shape index (κ1) is 17.9. The Balaban J connectivity index is 2.02. The monoisotopic (exact) mass is 352 g/mol. The number of nitrogens with zero attached hydrogens (tertiary/aromatic N) is 1. The number of carbonyl (C=O) groups excluding carboxylic acids is 4. The van der Waals surface area contributed by atoms with Gasteiger partial charge in [0.2, 0.25) is 17.5 Å². The van der Waals surface area contributed by atoms with Crippen LogP contribution in [0.25, 0.3) is 0 Å². The number of rotatable bonds is 7. The summed E-state index contributed by atoms with van der Waals surface area (Å²) >= 11 is 1.12. The van der Waals surface area contributed by atoms with Gasteiger partial charge in [0, 0.05) is 25.9 Å². The molecule has 1 aromatic rings. The van der Waals surface area contributed by atoms with E-state index in [0.717, 1.165) is 11.8 Å². The highest BCUT2D eigenvalue weighted by Crippen LogP contribution is 2.29. The molecule has 2 amide bonds. The number of hydrogen-bond acceptors (Lipinski definition) is 7. The number of allylic oxidation sites excluding steroid dienone is 2. The third kappa shape index (κ3) is 3.71. The highest BCUT2D eigenvalue weighted by molar-refractivity contribution is 8.04. The van der Waals surface area contributed by atoms with Gasteiger partial charge < -0.3 is 15.4 Å². The number of aromatic amines is 1. The van der Waals surface area contributed by atoms with Crippen molar-refractivity contribution < 1.29 is 23.9 Å². The van der Waals surface area contributed by atoms with Crippen LogP contribution in [0.3, 0.4) is 0 Å². The molecule has 0 fully saturated rings. The van der Waals surface area contributed by atoms with Crippen LogP contribution >= 0.6 is 11.8 Å². The average molecular weight is 352 g/mol. The number of likely N-dealkylation sites (N-methyl/N-ethyl adjacent to an activating group) is 1. The van der Waals surface area contributed by atoms with E-state index >= 15 is 0 Å². The molecule has 0 spiro atoms. The molecule has 1 aromatic heterocycles. The minimum Gasteiger partial charge on any atom is -0.371 e. The highest BCUT2D eigenvalue weighted by atomic mass is 32.2. The molecule has 3 N–H and O–H groups in total. The molecule has 0 aliphatic heterocycles. The van der Waals surface area contributed by atoms with E-state index in [0.29, 0.717) is 5.75 Å². The number of fused-ring (bicyclic) bond motifs is 1. The molecule has 24 heavy (non-hydrogen) atoms. The Kier molecular flexibility index (Phi) is 5.88. The molecule has 0 saturated carbocycles. The zero-order valence-electron chi connectivity index (χ0n) is 13.1. The lowest BCUT2D eigenvalue weighted by Crippen LogP contribution is -2.24. The predicted molar refractivity (Wildman–Crippen MR) is 86.1 cm³/mol. The van der Waals surface area contributed by atoms with Gasteiger partial charge in [0.05, 0.1) is 17.1 Å². The Bertz CT molecular complexity index is 725. The SMILES string of the molecule is CNC(=O)COCCSC1=CC(=O)c2n[nH]c(C(=O)NC)c2C1=O. The Morgan fingerprint density at radius 3 is 2.71 bits per heavy atom. The van der Waals surface area contributed by atoms with E-state index in [4.69, 9.17) is 4.74 Å². The fraction of sp³-hybridized carbons (Fsp3) is 0.357. The second-order valence-corrected chi connectivity index (χ2v) is 5.81. The zero-order valence-corrected chi connectivity index (χ0v) is 13.9. The molecule has 1 aliphatic carbocycles. The van der Waals surface area contributed by atoms with Crippen molar-refractivity contribution in [2.75, 3.05) is 33.1 Å². The Morgan fingerprint density at radius 2 is 2.04 bits per heavy atom. The summed E-state index contributed by atoms with van der Waals surface area (Å²) in [5.41, 5.74) is -0.109. The van der Waals surface area contributed by atoms with Gasteiger partial charge in [-0.25, -0.2) is 0 Å². The summed E-state index contributed by atoms with van der Waals surface area (Å²) in [7, 11) is 2.92. The van der Waals surface area contributed by atoms with E-state index in [2.05, 4.69) is 20.8 Å². The number of aromatic nitrogens is 2. The number of ether oxygens (including phenoxy) is 1. The molecule has 0 bridgehead atoms. The van der Waals surface area contributed by atoms with E-state index in [1.165, 1.54) is 20.2 Å². The van der Waals surface area contributed by atoms with Crippen LogP contribution in [0, 0.1) is 0 Å². The van der Waals surface area contributed by atoms with Gasteiger partial charge in [-0.05, 0) is 0 Å². The smallest absolute Gasteiger partial charge is 0.269 e. The maximum atomic E-state index is 12.5. The topological polar surface area (TPSA) is 130 Å². The average Bonchev–Trinajstić information content (AvgIpc) is 3.03. The third-order valence-corrected chi connectivity index (χ3v) is 4.15. The van der Waals surface area contributed by atoms with Gasteiger partial charge in [-0.3, -0.25) is 24.3 Å². The van der Waals surface area contributed by atoms with E-state index in [9.17, 15) is 19.2 Å². The van der Waals surface area contributed by atoms with Gasteiger partial charge in [-0.1, -0.05) is 0 Å². The normalized spacial score (nSPS) is 13.3. The van der Waals surface area contributed by atoms with Crippen molar-refractivity contribution in [1.82, 2.24) is 20.8 Å². The third-order valence-electron chi connectivity index (χ3n) is 3.16. The van der Waals surface area contributed by atoms with Crippen LogP contribution in [0.15, 0.2) is 11.0 Å².